The largest absolute Gasteiger partial charge is 0.358 e. The van der Waals surface area contributed by atoms with Gasteiger partial charge in [0.15, 0.2) is 0 Å². The summed E-state index contributed by atoms with van der Waals surface area (Å²) in [6.07, 6.45) is 6.22. The van der Waals surface area contributed by atoms with Gasteiger partial charge >= 0.3 is 0 Å². The van der Waals surface area contributed by atoms with Gasteiger partial charge in [-0.15, -0.1) is 0 Å². The number of amides is 3. The minimum atomic E-state index is -0.770. The lowest BCUT2D eigenvalue weighted by Gasteiger charge is -2.39. The zero-order valence-electron chi connectivity index (χ0n) is 27.6. The number of nitrogens with zero attached hydrogens (tertiary/aromatic N) is 1. The number of hydrogen-bond acceptors (Lipinski definition) is 5. The van der Waals surface area contributed by atoms with Crippen LogP contribution in [-0.2, 0) is 38.4 Å². The zero-order chi connectivity index (χ0) is 32.8. The lowest BCUT2D eigenvalue weighted by molar-refractivity contribution is -0.150. The van der Waals surface area contributed by atoms with Crippen LogP contribution >= 0.6 is 0 Å². The number of hydrogen-bond donors (Lipinski definition) is 3. The average molecular weight is 637 g/mol. The molecule has 0 saturated carbocycles. The van der Waals surface area contributed by atoms with Crippen molar-refractivity contribution in [1.82, 2.24) is 20.9 Å². The minimum Gasteiger partial charge on any atom is -0.358 e. The summed E-state index contributed by atoms with van der Waals surface area (Å²) in [7, 11) is 1.72. The molecular weight excluding hydrogens is 588 g/mol. The van der Waals surface area contributed by atoms with E-state index in [0.29, 0.717) is 19.4 Å². The first-order valence-corrected chi connectivity index (χ1v) is 17.3. The second-order valence-electron chi connectivity index (χ2n) is 13.5. The molecule has 8 nitrogen and oxygen atoms in total. The van der Waals surface area contributed by atoms with Gasteiger partial charge in [-0.3, -0.25) is 14.4 Å². The predicted molar refractivity (Wildman–Crippen MR) is 182 cm³/mol. The molecule has 0 spiro atoms. The third-order valence-corrected chi connectivity index (χ3v) is 10.6. The van der Waals surface area contributed by atoms with Crippen molar-refractivity contribution in [3.8, 4) is 0 Å². The van der Waals surface area contributed by atoms with Gasteiger partial charge in [-0.2, -0.15) is 0 Å². The van der Waals surface area contributed by atoms with Crippen molar-refractivity contribution in [3.63, 3.8) is 0 Å². The fraction of sp³-hybridized carbons (Fsp3) is 0.462. The molecule has 47 heavy (non-hydrogen) atoms. The molecule has 2 aliphatic heterocycles. The van der Waals surface area contributed by atoms with Crippen LogP contribution in [0.15, 0.2) is 84.9 Å². The molecule has 0 radical (unpaired) electrons. The van der Waals surface area contributed by atoms with Gasteiger partial charge in [-0.05, 0) is 81.2 Å². The summed E-state index contributed by atoms with van der Waals surface area (Å²) in [5, 5.41) is 9.36. The Bertz CT molecular complexity index is 1490. The SMILES string of the molecule is CN[C@@H](C)C(=O)N[C@H]1CCO[C@H]2CC(CCc3ccccc3)(CCc3ccccc3)[C@@H](C(=O)N[C@@H]3CCCc4ccccc43)N2C1=O. The van der Waals surface area contributed by atoms with E-state index in [2.05, 4.69) is 58.4 Å². The molecule has 0 bridgehead atoms. The molecule has 1 aliphatic carbocycles. The number of benzene rings is 3. The number of likely N-dealkylation sites (N-methyl/N-ethyl adjacent to an activating group) is 1. The molecule has 2 heterocycles. The monoisotopic (exact) mass is 636 g/mol. The highest BCUT2D eigenvalue weighted by molar-refractivity contribution is 5.94. The third kappa shape index (κ3) is 7.29. The van der Waals surface area contributed by atoms with Crippen molar-refractivity contribution in [1.29, 1.82) is 0 Å². The van der Waals surface area contributed by atoms with Gasteiger partial charge in [0.1, 0.15) is 18.3 Å². The summed E-state index contributed by atoms with van der Waals surface area (Å²) >= 11 is 0. The summed E-state index contributed by atoms with van der Waals surface area (Å²) in [6, 6.07) is 27.0. The smallest absolute Gasteiger partial charge is 0.247 e. The van der Waals surface area contributed by atoms with Gasteiger partial charge in [0.2, 0.25) is 17.7 Å². The fourth-order valence-electron chi connectivity index (χ4n) is 7.85. The van der Waals surface area contributed by atoms with Crippen LogP contribution in [0, 0.1) is 5.41 Å². The summed E-state index contributed by atoms with van der Waals surface area (Å²) < 4.78 is 6.44. The third-order valence-electron chi connectivity index (χ3n) is 10.6. The van der Waals surface area contributed by atoms with Crippen LogP contribution in [0.3, 0.4) is 0 Å². The van der Waals surface area contributed by atoms with E-state index in [1.807, 2.05) is 42.5 Å². The Labute approximate surface area is 278 Å². The predicted octanol–water partition coefficient (Wildman–Crippen LogP) is 4.87. The number of carbonyl (C=O) groups is 3. The maximum absolute atomic E-state index is 14.9. The lowest BCUT2D eigenvalue weighted by Crippen LogP contribution is -2.59. The molecule has 248 valence electrons. The molecule has 2 saturated heterocycles. The van der Waals surface area contributed by atoms with Crippen molar-refractivity contribution in [2.75, 3.05) is 13.7 Å². The molecule has 8 heteroatoms. The topological polar surface area (TPSA) is 99.8 Å². The van der Waals surface area contributed by atoms with Crippen molar-refractivity contribution in [3.05, 3.63) is 107 Å². The molecule has 3 amide bonds. The van der Waals surface area contributed by atoms with Crippen LogP contribution in [0.2, 0.25) is 0 Å². The first-order chi connectivity index (χ1) is 22.9. The summed E-state index contributed by atoms with van der Waals surface area (Å²) in [5.74, 6) is -0.625. The molecule has 2 fully saturated rings. The molecule has 0 unspecified atom stereocenters. The number of fused-ring (bicyclic) bond motifs is 2. The van der Waals surface area contributed by atoms with Crippen molar-refractivity contribution < 1.29 is 19.1 Å². The van der Waals surface area contributed by atoms with Gasteiger partial charge in [0.05, 0.1) is 18.7 Å². The molecule has 3 aromatic rings. The van der Waals surface area contributed by atoms with Gasteiger partial charge < -0.3 is 25.6 Å². The maximum atomic E-state index is 14.9. The standard InChI is InChI=1S/C39H48N4O4/c1-27(40-2)36(44)42-33-22-25-47-34-26-39(23-20-28-12-5-3-6-13-28,24-21-29-14-7-4-8-15-29)35(43(34)38(33)46)37(45)41-32-19-11-17-30-16-9-10-18-31(30)32/h3-10,12-16,18,27,32-35,40H,11,17,19-26H2,1-2H3,(H,41,45)(H,42,44)/t27-,32+,33-,34-,35+/m0/s1. The average Bonchev–Trinajstić information content (AvgIpc) is 3.36. The van der Waals surface area contributed by atoms with Crippen LogP contribution in [0.1, 0.15) is 73.7 Å². The highest BCUT2D eigenvalue weighted by Crippen LogP contribution is 2.49. The van der Waals surface area contributed by atoms with E-state index in [1.54, 1.807) is 18.9 Å². The normalized spacial score (nSPS) is 24.0. The fourth-order valence-corrected chi connectivity index (χ4v) is 7.85. The number of aryl methyl sites for hydroxylation is 3. The molecule has 5 atom stereocenters. The summed E-state index contributed by atoms with van der Waals surface area (Å²) in [5.41, 5.74) is 4.28. The Morgan fingerprint density at radius 1 is 0.872 bits per heavy atom. The van der Waals surface area contributed by atoms with E-state index in [0.717, 1.165) is 50.5 Å². The Morgan fingerprint density at radius 3 is 2.17 bits per heavy atom. The van der Waals surface area contributed by atoms with E-state index in [4.69, 9.17) is 4.74 Å². The second-order valence-corrected chi connectivity index (χ2v) is 13.5. The highest BCUT2D eigenvalue weighted by Gasteiger charge is 2.58. The molecule has 3 aliphatic rings. The van der Waals surface area contributed by atoms with E-state index in [1.165, 1.54) is 16.7 Å². The van der Waals surface area contributed by atoms with Crippen LogP contribution in [0.25, 0.3) is 0 Å². The summed E-state index contributed by atoms with van der Waals surface area (Å²) in [4.78, 5) is 44.1. The first kappa shape index (κ1) is 32.9. The Hall–Kier alpha value is -4.01. The summed E-state index contributed by atoms with van der Waals surface area (Å²) in [6.45, 7) is 2.09. The minimum absolute atomic E-state index is 0.123. The number of nitrogens with one attached hydrogen (secondary N) is 3. The van der Waals surface area contributed by atoms with Crippen LogP contribution in [0.4, 0.5) is 0 Å². The Morgan fingerprint density at radius 2 is 1.51 bits per heavy atom. The second kappa shape index (κ2) is 14.8. The number of rotatable bonds is 11. The Balaban J connectivity index is 1.38. The van der Waals surface area contributed by atoms with Gasteiger partial charge in [-0.1, -0.05) is 84.9 Å². The number of ether oxygens (including phenoxy) is 1. The molecule has 6 rings (SSSR count). The molecule has 3 aromatic carbocycles. The van der Waals surface area contributed by atoms with Crippen molar-refractivity contribution in [2.24, 2.45) is 5.41 Å². The first-order valence-electron chi connectivity index (χ1n) is 17.3. The highest BCUT2D eigenvalue weighted by atomic mass is 16.5. The van der Waals surface area contributed by atoms with Crippen LogP contribution in [-0.4, -0.2) is 60.6 Å². The number of carbonyl (C=O) groups excluding carboxylic acids is 3. The van der Waals surface area contributed by atoms with Crippen LogP contribution < -0.4 is 16.0 Å². The van der Waals surface area contributed by atoms with E-state index in [-0.39, 0.29) is 23.8 Å². The Kier molecular flexibility index (Phi) is 10.4. The van der Waals surface area contributed by atoms with Crippen LogP contribution in [0.5, 0.6) is 0 Å². The van der Waals surface area contributed by atoms with Gasteiger partial charge in [-0.25, -0.2) is 0 Å². The molecule has 0 aromatic heterocycles. The maximum Gasteiger partial charge on any atom is 0.247 e. The van der Waals surface area contributed by atoms with Gasteiger partial charge in [0, 0.05) is 18.3 Å². The van der Waals surface area contributed by atoms with Crippen molar-refractivity contribution >= 4 is 17.7 Å². The quantitative estimate of drug-likeness (QED) is 0.279. The molecule has 3 N–H and O–H groups in total. The van der Waals surface area contributed by atoms with E-state index in [9.17, 15) is 14.4 Å². The van der Waals surface area contributed by atoms with Gasteiger partial charge in [0.25, 0.3) is 0 Å². The lowest BCUT2D eigenvalue weighted by atomic mass is 9.70. The zero-order valence-corrected chi connectivity index (χ0v) is 27.6. The van der Waals surface area contributed by atoms with E-state index < -0.39 is 29.8 Å². The van der Waals surface area contributed by atoms with E-state index >= 15 is 0 Å². The van der Waals surface area contributed by atoms with Crippen molar-refractivity contribution in [2.45, 2.75) is 95.1 Å². The molecular formula is C39H48N4O4.